The topological polar surface area (TPSA) is 20.3 Å². The molecule has 17 heavy (non-hydrogen) atoms. The van der Waals surface area contributed by atoms with Gasteiger partial charge in [0.1, 0.15) is 5.82 Å². The maximum atomic E-state index is 13.6. The third-order valence-electron chi connectivity index (χ3n) is 3.00. The number of amides is 1. The minimum absolute atomic E-state index is 0.155. The molecule has 0 atom stereocenters. The Hall–Kier alpha value is -0.900. The lowest BCUT2D eigenvalue weighted by molar-refractivity contribution is 0.0752. The summed E-state index contributed by atoms with van der Waals surface area (Å²) in [6.07, 6.45) is 2.37. The first kappa shape index (κ1) is 12.6. The molecule has 0 spiro atoms. The van der Waals surface area contributed by atoms with Crippen LogP contribution in [0.5, 0.6) is 0 Å². The number of carbonyl (C=O) groups is 1. The molecule has 1 amide bonds. The van der Waals surface area contributed by atoms with E-state index in [1.54, 1.807) is 17.0 Å². The van der Waals surface area contributed by atoms with Crippen molar-refractivity contribution < 1.29 is 9.18 Å². The highest BCUT2D eigenvalue weighted by Crippen LogP contribution is 2.30. The molecule has 1 aromatic carbocycles. The van der Waals surface area contributed by atoms with Crippen LogP contribution < -0.4 is 0 Å². The zero-order valence-corrected chi connectivity index (χ0v) is 11.3. The van der Waals surface area contributed by atoms with Gasteiger partial charge in [0.15, 0.2) is 0 Å². The van der Waals surface area contributed by atoms with E-state index in [-0.39, 0.29) is 11.5 Å². The summed E-state index contributed by atoms with van der Waals surface area (Å²) in [4.78, 5) is 13.9. The molecule has 1 saturated carbocycles. The van der Waals surface area contributed by atoms with Crippen molar-refractivity contribution in [2.45, 2.75) is 19.8 Å². The zero-order chi connectivity index (χ0) is 12.4. The molecule has 1 aliphatic rings. The molecule has 1 aromatic rings. The van der Waals surface area contributed by atoms with Crippen molar-refractivity contribution in [1.82, 2.24) is 4.90 Å². The fourth-order valence-corrected chi connectivity index (χ4v) is 2.16. The number of benzene rings is 1. The van der Waals surface area contributed by atoms with Crippen LogP contribution in [0.4, 0.5) is 4.39 Å². The van der Waals surface area contributed by atoms with Crippen molar-refractivity contribution >= 4 is 21.8 Å². The molecule has 1 fully saturated rings. The number of hydrogen-bond donors (Lipinski definition) is 0. The molecule has 0 unspecified atom stereocenters. The van der Waals surface area contributed by atoms with Gasteiger partial charge in [0.25, 0.3) is 5.91 Å². The smallest absolute Gasteiger partial charge is 0.256 e. The second-order valence-electron chi connectivity index (χ2n) is 4.41. The minimum atomic E-state index is -0.451. The monoisotopic (exact) mass is 299 g/mol. The zero-order valence-electron chi connectivity index (χ0n) is 9.75. The highest BCUT2D eigenvalue weighted by molar-refractivity contribution is 9.10. The van der Waals surface area contributed by atoms with Crippen LogP contribution in [0.1, 0.15) is 30.1 Å². The van der Waals surface area contributed by atoms with Gasteiger partial charge in [-0.2, -0.15) is 0 Å². The van der Waals surface area contributed by atoms with Crippen molar-refractivity contribution in [2.24, 2.45) is 5.92 Å². The van der Waals surface area contributed by atoms with Crippen molar-refractivity contribution in [1.29, 1.82) is 0 Å². The number of hydrogen-bond acceptors (Lipinski definition) is 1. The van der Waals surface area contributed by atoms with E-state index >= 15 is 0 Å². The Morgan fingerprint density at radius 3 is 2.82 bits per heavy atom. The summed E-state index contributed by atoms with van der Waals surface area (Å²) < 4.78 is 14.3. The van der Waals surface area contributed by atoms with Crippen LogP contribution in [0, 0.1) is 11.7 Å². The Morgan fingerprint density at radius 2 is 2.24 bits per heavy atom. The van der Waals surface area contributed by atoms with Crippen LogP contribution in [0.25, 0.3) is 0 Å². The van der Waals surface area contributed by atoms with Crippen LogP contribution in [0.3, 0.4) is 0 Å². The average molecular weight is 300 g/mol. The normalized spacial score (nSPS) is 14.8. The third-order valence-corrected chi connectivity index (χ3v) is 3.50. The van der Waals surface area contributed by atoms with Gasteiger partial charge in [0, 0.05) is 17.6 Å². The summed E-state index contributed by atoms with van der Waals surface area (Å²) in [5.41, 5.74) is 0.155. The summed E-state index contributed by atoms with van der Waals surface area (Å²) in [6.45, 7) is 3.30. The number of carbonyl (C=O) groups excluding carboxylic acids is 1. The Labute approximate surface area is 109 Å². The predicted molar refractivity (Wildman–Crippen MR) is 68.4 cm³/mol. The predicted octanol–water partition coefficient (Wildman–Crippen LogP) is 3.46. The maximum Gasteiger partial charge on any atom is 0.256 e. The van der Waals surface area contributed by atoms with Crippen LogP contribution in [-0.4, -0.2) is 23.9 Å². The maximum absolute atomic E-state index is 13.6. The largest absolute Gasteiger partial charge is 0.339 e. The quantitative estimate of drug-likeness (QED) is 0.834. The van der Waals surface area contributed by atoms with Gasteiger partial charge in [-0.1, -0.05) is 15.9 Å². The number of nitrogens with zero attached hydrogens (tertiary/aromatic N) is 1. The highest BCUT2D eigenvalue weighted by atomic mass is 79.9. The molecule has 0 aromatic heterocycles. The van der Waals surface area contributed by atoms with Crippen molar-refractivity contribution in [3.8, 4) is 0 Å². The summed E-state index contributed by atoms with van der Waals surface area (Å²) in [7, 11) is 0. The summed E-state index contributed by atoms with van der Waals surface area (Å²) in [5.74, 6) is -0.0419. The molecule has 1 aliphatic carbocycles. The van der Waals surface area contributed by atoms with E-state index in [1.807, 2.05) is 6.92 Å². The first-order valence-corrected chi connectivity index (χ1v) is 6.65. The second-order valence-corrected chi connectivity index (χ2v) is 5.33. The molecule has 0 radical (unpaired) electrons. The number of rotatable bonds is 4. The molecule has 92 valence electrons. The Morgan fingerprint density at radius 1 is 1.53 bits per heavy atom. The fraction of sp³-hybridized carbons (Fsp3) is 0.462. The van der Waals surface area contributed by atoms with E-state index in [4.69, 9.17) is 0 Å². The number of halogens is 2. The van der Waals surface area contributed by atoms with E-state index < -0.39 is 5.82 Å². The first-order chi connectivity index (χ1) is 8.11. The van der Waals surface area contributed by atoms with E-state index in [2.05, 4.69) is 15.9 Å². The van der Waals surface area contributed by atoms with Crippen LogP contribution in [0.2, 0.25) is 0 Å². The van der Waals surface area contributed by atoms with Gasteiger partial charge >= 0.3 is 0 Å². The van der Waals surface area contributed by atoms with Gasteiger partial charge in [-0.05, 0) is 43.9 Å². The molecule has 0 heterocycles. The third kappa shape index (κ3) is 3.06. The lowest BCUT2D eigenvalue weighted by Crippen LogP contribution is -2.33. The van der Waals surface area contributed by atoms with Crippen molar-refractivity contribution in [3.05, 3.63) is 34.1 Å². The molecule has 2 nitrogen and oxygen atoms in total. The second kappa shape index (κ2) is 5.17. The molecular weight excluding hydrogens is 285 g/mol. The van der Waals surface area contributed by atoms with E-state index in [1.165, 1.54) is 18.9 Å². The Kier molecular flexibility index (Phi) is 3.82. The fourth-order valence-electron chi connectivity index (χ4n) is 1.80. The van der Waals surface area contributed by atoms with Crippen LogP contribution in [0.15, 0.2) is 22.7 Å². The van der Waals surface area contributed by atoms with Gasteiger partial charge in [-0.15, -0.1) is 0 Å². The van der Waals surface area contributed by atoms with Crippen LogP contribution in [-0.2, 0) is 0 Å². The van der Waals surface area contributed by atoms with E-state index in [0.29, 0.717) is 12.5 Å². The standard InChI is InChI=1S/C13H15BrFNO/c1-2-16(8-9-3-4-9)13(17)11-7-10(14)5-6-12(11)15/h5-7,9H,2-4,8H2,1H3. The first-order valence-electron chi connectivity index (χ1n) is 5.86. The van der Waals surface area contributed by atoms with Crippen LogP contribution >= 0.6 is 15.9 Å². The Balaban J connectivity index is 2.18. The molecule has 2 rings (SSSR count). The highest BCUT2D eigenvalue weighted by Gasteiger charge is 2.27. The molecule has 0 N–H and O–H groups in total. The van der Waals surface area contributed by atoms with E-state index in [9.17, 15) is 9.18 Å². The van der Waals surface area contributed by atoms with E-state index in [0.717, 1.165) is 11.0 Å². The molecule has 0 aliphatic heterocycles. The van der Waals surface area contributed by atoms with Gasteiger partial charge in [0.05, 0.1) is 5.56 Å². The SMILES string of the molecule is CCN(CC1CC1)C(=O)c1cc(Br)ccc1F. The van der Waals surface area contributed by atoms with Gasteiger partial charge in [-0.3, -0.25) is 4.79 Å². The van der Waals surface area contributed by atoms with Crippen molar-refractivity contribution in [2.75, 3.05) is 13.1 Å². The summed E-state index contributed by atoms with van der Waals surface area (Å²) in [6, 6.07) is 4.47. The Bertz CT molecular complexity index is 431. The summed E-state index contributed by atoms with van der Waals surface area (Å²) >= 11 is 3.26. The van der Waals surface area contributed by atoms with Gasteiger partial charge in [-0.25, -0.2) is 4.39 Å². The molecule has 4 heteroatoms. The molecule has 0 saturated heterocycles. The average Bonchev–Trinajstić information content (AvgIpc) is 3.12. The lowest BCUT2D eigenvalue weighted by Gasteiger charge is -2.21. The minimum Gasteiger partial charge on any atom is -0.339 e. The molecular formula is C13H15BrFNO. The summed E-state index contributed by atoms with van der Waals surface area (Å²) in [5, 5.41) is 0. The van der Waals surface area contributed by atoms with Gasteiger partial charge < -0.3 is 4.90 Å². The van der Waals surface area contributed by atoms with Gasteiger partial charge in [0.2, 0.25) is 0 Å². The molecule has 0 bridgehead atoms. The van der Waals surface area contributed by atoms with Crippen molar-refractivity contribution in [3.63, 3.8) is 0 Å². The lowest BCUT2D eigenvalue weighted by atomic mass is 10.1.